The Hall–Kier alpha value is -4.62. The summed E-state index contributed by atoms with van der Waals surface area (Å²) < 4.78 is 1.49. The third-order valence-corrected chi connectivity index (χ3v) is 5.48. The van der Waals surface area contributed by atoms with Crippen LogP contribution in [0.15, 0.2) is 47.3 Å². The lowest BCUT2D eigenvalue weighted by atomic mass is 10.0. The summed E-state index contributed by atoms with van der Waals surface area (Å²) in [5, 5.41) is 19.6. The van der Waals surface area contributed by atoms with E-state index in [4.69, 9.17) is 0 Å². The van der Waals surface area contributed by atoms with E-state index >= 15 is 0 Å². The first-order valence-corrected chi connectivity index (χ1v) is 9.66. The molecule has 0 bridgehead atoms. The summed E-state index contributed by atoms with van der Waals surface area (Å²) in [5.41, 5.74) is 5.57. The minimum Gasteiger partial charge on any atom is -0.338 e. The van der Waals surface area contributed by atoms with Crippen molar-refractivity contribution in [3.63, 3.8) is 0 Å². The molecule has 0 atom stereocenters. The van der Waals surface area contributed by atoms with Crippen LogP contribution in [0.4, 0.5) is 0 Å². The molecule has 0 saturated carbocycles. The highest BCUT2D eigenvalue weighted by Crippen LogP contribution is 2.24. The molecule has 0 aliphatic heterocycles. The van der Waals surface area contributed by atoms with Gasteiger partial charge in [-0.15, -0.1) is 0 Å². The molecule has 148 valence electrons. The molecule has 31 heavy (non-hydrogen) atoms. The van der Waals surface area contributed by atoms with Gasteiger partial charge in [0.25, 0.3) is 5.56 Å². The number of nitrogens with one attached hydrogen (secondary N) is 2. The lowest BCUT2D eigenvalue weighted by Crippen LogP contribution is -2.18. The quantitative estimate of drug-likeness (QED) is 0.429. The van der Waals surface area contributed by atoms with Crippen molar-refractivity contribution in [1.29, 1.82) is 10.5 Å². The number of nitriles is 2. The van der Waals surface area contributed by atoms with E-state index in [2.05, 4.69) is 27.1 Å². The zero-order valence-electron chi connectivity index (χ0n) is 16.8. The van der Waals surface area contributed by atoms with E-state index in [9.17, 15) is 15.3 Å². The fourth-order valence-corrected chi connectivity index (χ4v) is 3.91. The van der Waals surface area contributed by atoms with Gasteiger partial charge in [0, 0.05) is 5.56 Å². The van der Waals surface area contributed by atoms with Gasteiger partial charge >= 0.3 is 0 Å². The number of aromatic nitrogens is 4. The van der Waals surface area contributed by atoms with Crippen molar-refractivity contribution in [2.24, 2.45) is 0 Å². The first-order valence-electron chi connectivity index (χ1n) is 9.66. The number of allylic oxidation sites excluding steroid dienone is 1. The Bertz CT molecular complexity index is 1700. The minimum atomic E-state index is -0.302. The summed E-state index contributed by atoms with van der Waals surface area (Å²) in [7, 11) is 0. The molecule has 7 heteroatoms. The largest absolute Gasteiger partial charge is 0.338 e. The van der Waals surface area contributed by atoms with Gasteiger partial charge in [-0.2, -0.15) is 10.5 Å². The zero-order valence-corrected chi connectivity index (χ0v) is 16.8. The number of pyridine rings is 1. The number of imidazole rings is 2. The highest BCUT2D eigenvalue weighted by molar-refractivity contribution is 5.92. The minimum absolute atomic E-state index is 0.220. The van der Waals surface area contributed by atoms with E-state index in [1.165, 1.54) is 10.5 Å². The Labute approximate surface area is 176 Å². The molecule has 5 aromatic rings. The SMILES string of the molecule is Cc1ccc2nc(C(C#N)=Cc3c(C)c(C#N)c4[nH]c5ccccc5n4c3=O)[nH]c2c1. The molecule has 0 fully saturated rings. The van der Waals surface area contributed by atoms with Gasteiger partial charge in [0.1, 0.15) is 23.6 Å². The number of nitrogens with zero attached hydrogens (tertiary/aromatic N) is 4. The number of rotatable bonds is 2. The molecule has 0 spiro atoms. The maximum absolute atomic E-state index is 13.4. The normalized spacial score (nSPS) is 11.8. The molecule has 2 N–H and O–H groups in total. The molecule has 2 aromatic carbocycles. The summed E-state index contributed by atoms with van der Waals surface area (Å²) >= 11 is 0. The molecular weight excluding hydrogens is 388 g/mol. The highest BCUT2D eigenvalue weighted by atomic mass is 16.1. The molecule has 0 radical (unpaired) electrons. The lowest BCUT2D eigenvalue weighted by molar-refractivity contribution is 1.11. The van der Waals surface area contributed by atoms with Crippen molar-refractivity contribution >= 4 is 39.4 Å². The molecule has 3 aromatic heterocycles. The first kappa shape index (κ1) is 18.4. The van der Waals surface area contributed by atoms with Crippen LogP contribution in [0.5, 0.6) is 0 Å². The number of fused-ring (bicyclic) bond motifs is 4. The molecule has 0 aliphatic carbocycles. The third kappa shape index (κ3) is 2.72. The van der Waals surface area contributed by atoms with Crippen molar-refractivity contribution in [3.8, 4) is 12.1 Å². The van der Waals surface area contributed by atoms with Gasteiger partial charge in [-0.25, -0.2) is 4.98 Å². The van der Waals surface area contributed by atoms with Gasteiger partial charge in [-0.05, 0) is 55.3 Å². The van der Waals surface area contributed by atoms with Gasteiger partial charge in [0.2, 0.25) is 0 Å². The Kier molecular flexibility index (Phi) is 3.99. The summed E-state index contributed by atoms with van der Waals surface area (Å²) in [4.78, 5) is 24.3. The number of hydrogen-bond donors (Lipinski definition) is 2. The fraction of sp³-hybridized carbons (Fsp3) is 0.0833. The van der Waals surface area contributed by atoms with Crippen molar-refractivity contribution in [3.05, 3.63) is 80.9 Å². The van der Waals surface area contributed by atoms with E-state index < -0.39 is 0 Å². The van der Waals surface area contributed by atoms with E-state index in [1.807, 2.05) is 49.4 Å². The van der Waals surface area contributed by atoms with Crippen molar-refractivity contribution < 1.29 is 0 Å². The Morgan fingerprint density at radius 2 is 1.90 bits per heavy atom. The maximum atomic E-state index is 13.4. The Balaban J connectivity index is 1.81. The van der Waals surface area contributed by atoms with Gasteiger partial charge < -0.3 is 9.97 Å². The number of hydrogen-bond acceptors (Lipinski definition) is 4. The van der Waals surface area contributed by atoms with Gasteiger partial charge in [-0.1, -0.05) is 18.2 Å². The van der Waals surface area contributed by atoms with Crippen LogP contribution in [0.3, 0.4) is 0 Å². The molecule has 0 unspecified atom stereocenters. The maximum Gasteiger partial charge on any atom is 0.264 e. The van der Waals surface area contributed by atoms with Crippen molar-refractivity contribution in [1.82, 2.24) is 19.4 Å². The molecule has 3 heterocycles. The number of aryl methyl sites for hydroxylation is 1. The second kappa shape index (κ2) is 6.72. The van der Waals surface area contributed by atoms with Crippen LogP contribution < -0.4 is 5.56 Å². The number of benzene rings is 2. The highest BCUT2D eigenvalue weighted by Gasteiger charge is 2.19. The van der Waals surface area contributed by atoms with Crippen LogP contribution >= 0.6 is 0 Å². The smallest absolute Gasteiger partial charge is 0.264 e. The number of H-pyrrole nitrogens is 2. The predicted molar refractivity (Wildman–Crippen MR) is 119 cm³/mol. The summed E-state index contributed by atoms with van der Waals surface area (Å²) in [6, 6.07) is 17.5. The molecule has 0 saturated heterocycles. The van der Waals surface area contributed by atoms with E-state index in [0.29, 0.717) is 28.1 Å². The molecule has 5 rings (SSSR count). The summed E-state index contributed by atoms with van der Waals surface area (Å²) in [5.74, 6) is 0.379. The van der Waals surface area contributed by atoms with Crippen LogP contribution in [-0.4, -0.2) is 19.4 Å². The second-order valence-corrected chi connectivity index (χ2v) is 7.43. The van der Waals surface area contributed by atoms with E-state index in [0.717, 1.165) is 22.1 Å². The average Bonchev–Trinajstić information content (AvgIpc) is 3.35. The Morgan fingerprint density at radius 1 is 1.10 bits per heavy atom. The topological polar surface area (TPSA) is 114 Å². The van der Waals surface area contributed by atoms with Gasteiger partial charge in [0.15, 0.2) is 0 Å². The lowest BCUT2D eigenvalue weighted by Gasteiger charge is -2.06. The second-order valence-electron chi connectivity index (χ2n) is 7.43. The standard InChI is InChI=1S/C24H16N6O/c1-13-7-8-18-20(9-13)28-22(27-18)15(11-25)10-16-14(2)17(12-26)23-29-19-5-3-4-6-21(19)30(23)24(16)31/h3-10,29H,1-2H3,(H,27,28). The van der Waals surface area contributed by atoms with E-state index in [-0.39, 0.29) is 16.7 Å². The Morgan fingerprint density at radius 3 is 2.68 bits per heavy atom. The predicted octanol–water partition coefficient (Wildman–Crippen LogP) is 4.21. The van der Waals surface area contributed by atoms with Crippen molar-refractivity contribution in [2.45, 2.75) is 13.8 Å². The van der Waals surface area contributed by atoms with Crippen LogP contribution in [0, 0.1) is 36.5 Å². The van der Waals surface area contributed by atoms with E-state index in [1.54, 1.807) is 6.92 Å². The van der Waals surface area contributed by atoms with Crippen LogP contribution in [0.1, 0.15) is 28.1 Å². The van der Waals surface area contributed by atoms with Gasteiger partial charge in [-0.3, -0.25) is 9.20 Å². The molecule has 7 nitrogen and oxygen atoms in total. The molecule has 0 aliphatic rings. The van der Waals surface area contributed by atoms with Crippen molar-refractivity contribution in [2.75, 3.05) is 0 Å². The van der Waals surface area contributed by atoms with Crippen LogP contribution in [0.2, 0.25) is 0 Å². The number of aromatic amines is 2. The fourth-order valence-electron chi connectivity index (χ4n) is 3.91. The van der Waals surface area contributed by atoms with Crippen LogP contribution in [-0.2, 0) is 0 Å². The summed E-state index contributed by atoms with van der Waals surface area (Å²) in [6.07, 6.45) is 1.51. The monoisotopic (exact) mass is 404 g/mol. The number of para-hydroxylation sites is 2. The molecule has 0 amide bonds. The first-order chi connectivity index (χ1) is 15.0. The van der Waals surface area contributed by atoms with Crippen LogP contribution in [0.25, 0.3) is 39.4 Å². The molecular formula is C24H16N6O. The zero-order chi connectivity index (χ0) is 21.7. The summed E-state index contributed by atoms with van der Waals surface area (Å²) in [6.45, 7) is 3.69. The van der Waals surface area contributed by atoms with Gasteiger partial charge in [0.05, 0.1) is 33.2 Å². The third-order valence-electron chi connectivity index (χ3n) is 5.48. The average molecular weight is 404 g/mol.